The van der Waals surface area contributed by atoms with Crippen LogP contribution in [0.3, 0.4) is 0 Å². The first kappa shape index (κ1) is 16.2. The van der Waals surface area contributed by atoms with E-state index in [0.717, 1.165) is 6.92 Å². The molecule has 0 rings (SSSR count). The predicted molar refractivity (Wildman–Crippen MR) is 57.4 cm³/mol. The highest BCUT2D eigenvalue weighted by Gasteiger charge is 2.37. The van der Waals surface area contributed by atoms with Crippen molar-refractivity contribution in [2.24, 2.45) is 5.73 Å². The highest BCUT2D eigenvalue weighted by atomic mass is 19.4. The molecule has 0 aromatic heterocycles. The average Bonchev–Trinajstić information content (AvgIpc) is 2.21. The molecule has 3 N–H and O–H groups in total. The van der Waals surface area contributed by atoms with E-state index in [0.29, 0.717) is 12.8 Å². The largest absolute Gasteiger partial charge is 0.414 e. The van der Waals surface area contributed by atoms with Crippen molar-refractivity contribution in [2.45, 2.75) is 44.5 Å². The van der Waals surface area contributed by atoms with Crippen LogP contribution >= 0.6 is 0 Å². The Balaban J connectivity index is 3.97. The van der Waals surface area contributed by atoms with Crippen molar-refractivity contribution in [2.75, 3.05) is 13.7 Å². The molecule has 0 saturated carbocycles. The summed E-state index contributed by atoms with van der Waals surface area (Å²) in [7, 11) is 1.57. The highest BCUT2D eigenvalue weighted by molar-refractivity contribution is 5.84. The fourth-order valence-corrected chi connectivity index (χ4v) is 1.15. The van der Waals surface area contributed by atoms with Gasteiger partial charge in [-0.05, 0) is 33.7 Å². The van der Waals surface area contributed by atoms with E-state index in [9.17, 15) is 18.0 Å². The summed E-state index contributed by atoms with van der Waals surface area (Å²) >= 11 is 0. The van der Waals surface area contributed by atoms with Crippen molar-refractivity contribution in [3.63, 3.8) is 0 Å². The predicted octanol–water partition coefficient (Wildman–Crippen LogP) is 1.20. The highest BCUT2D eigenvalue weighted by Crippen LogP contribution is 2.22. The van der Waals surface area contributed by atoms with E-state index in [1.165, 1.54) is 0 Å². The van der Waals surface area contributed by atoms with E-state index in [1.807, 2.05) is 0 Å². The second kappa shape index (κ2) is 6.20. The molecule has 0 spiro atoms. The number of alkyl halides is 3. The van der Waals surface area contributed by atoms with E-state index < -0.39 is 23.7 Å². The summed E-state index contributed by atoms with van der Waals surface area (Å²) in [5, 5.41) is 2.74. The van der Waals surface area contributed by atoms with Gasteiger partial charge in [0.15, 0.2) is 6.10 Å². The Labute approximate surface area is 98.7 Å². The molecule has 102 valence electrons. The number of primary amides is 1. The van der Waals surface area contributed by atoms with Gasteiger partial charge in [0.2, 0.25) is 5.91 Å². The van der Waals surface area contributed by atoms with Crippen LogP contribution in [-0.2, 0) is 9.53 Å². The molecule has 0 heterocycles. The zero-order valence-corrected chi connectivity index (χ0v) is 10.2. The molecular formula is C10H19F3N2O2. The maximum atomic E-state index is 12.1. The van der Waals surface area contributed by atoms with Gasteiger partial charge in [-0.2, -0.15) is 13.2 Å². The topological polar surface area (TPSA) is 64.3 Å². The smallest absolute Gasteiger partial charge is 0.369 e. The van der Waals surface area contributed by atoms with E-state index >= 15 is 0 Å². The number of carbonyl (C=O) groups is 1. The quantitative estimate of drug-likeness (QED) is 0.673. The van der Waals surface area contributed by atoms with Crippen LogP contribution in [0.2, 0.25) is 0 Å². The maximum absolute atomic E-state index is 12.1. The minimum absolute atomic E-state index is 0.0643. The van der Waals surface area contributed by atoms with Gasteiger partial charge in [0.05, 0.1) is 5.54 Å². The third kappa shape index (κ3) is 5.36. The van der Waals surface area contributed by atoms with Crippen molar-refractivity contribution < 1.29 is 22.7 Å². The van der Waals surface area contributed by atoms with Crippen LogP contribution in [0, 0.1) is 0 Å². The van der Waals surface area contributed by atoms with Gasteiger partial charge in [-0.3, -0.25) is 4.79 Å². The Bertz CT molecular complexity index is 258. The molecule has 0 aromatic rings. The van der Waals surface area contributed by atoms with Crippen molar-refractivity contribution in [1.82, 2.24) is 5.32 Å². The number of likely N-dealkylation sites (N-methyl/N-ethyl adjacent to an activating group) is 1. The Morgan fingerprint density at radius 1 is 1.47 bits per heavy atom. The fraction of sp³-hybridized carbons (Fsp3) is 0.900. The molecule has 2 atom stereocenters. The SMILES string of the molecule is CNC(C)(CCCOC(C)C(F)(F)F)C(N)=O. The lowest BCUT2D eigenvalue weighted by Crippen LogP contribution is -2.51. The molecule has 1 amide bonds. The van der Waals surface area contributed by atoms with Crippen molar-refractivity contribution in [3.8, 4) is 0 Å². The number of amides is 1. The molecule has 0 aliphatic carbocycles. The molecular weight excluding hydrogens is 237 g/mol. The zero-order valence-electron chi connectivity index (χ0n) is 10.2. The standard InChI is InChI=1S/C10H19F3N2O2/c1-7(10(11,12)13)17-6-4-5-9(2,15-3)8(14)16/h7,15H,4-6H2,1-3H3,(H2,14,16). The lowest BCUT2D eigenvalue weighted by molar-refractivity contribution is -0.214. The van der Waals surface area contributed by atoms with Crippen LogP contribution in [-0.4, -0.2) is 37.4 Å². The first-order valence-corrected chi connectivity index (χ1v) is 5.30. The summed E-state index contributed by atoms with van der Waals surface area (Å²) in [6.07, 6.45) is -5.50. The van der Waals surface area contributed by atoms with Gasteiger partial charge in [0.1, 0.15) is 0 Å². The molecule has 17 heavy (non-hydrogen) atoms. The van der Waals surface area contributed by atoms with Gasteiger partial charge in [-0.25, -0.2) is 0 Å². The fourth-order valence-electron chi connectivity index (χ4n) is 1.15. The summed E-state index contributed by atoms with van der Waals surface area (Å²) in [6, 6.07) is 0. The Morgan fingerprint density at radius 3 is 2.35 bits per heavy atom. The summed E-state index contributed by atoms with van der Waals surface area (Å²) in [6.45, 7) is 2.49. The maximum Gasteiger partial charge on any atom is 0.414 e. The minimum Gasteiger partial charge on any atom is -0.369 e. The van der Waals surface area contributed by atoms with Crippen LogP contribution in [0.5, 0.6) is 0 Å². The molecule has 0 radical (unpaired) electrons. The lowest BCUT2D eigenvalue weighted by Gasteiger charge is -2.25. The number of halogens is 3. The minimum atomic E-state index is -4.35. The first-order valence-electron chi connectivity index (χ1n) is 5.30. The van der Waals surface area contributed by atoms with Crippen LogP contribution in [0.15, 0.2) is 0 Å². The van der Waals surface area contributed by atoms with E-state index in [1.54, 1.807) is 14.0 Å². The van der Waals surface area contributed by atoms with Crippen molar-refractivity contribution in [1.29, 1.82) is 0 Å². The Hall–Kier alpha value is -0.820. The van der Waals surface area contributed by atoms with Gasteiger partial charge in [0.25, 0.3) is 0 Å². The zero-order chi connectivity index (χ0) is 13.7. The third-order valence-electron chi connectivity index (χ3n) is 2.75. The summed E-state index contributed by atoms with van der Waals surface area (Å²) in [5.41, 5.74) is 4.26. The molecule has 2 unspecified atom stereocenters. The van der Waals surface area contributed by atoms with Gasteiger partial charge < -0.3 is 15.8 Å². The van der Waals surface area contributed by atoms with Crippen LogP contribution in [0.4, 0.5) is 13.2 Å². The molecule has 0 fully saturated rings. The number of rotatable bonds is 7. The van der Waals surface area contributed by atoms with Gasteiger partial charge >= 0.3 is 6.18 Å². The van der Waals surface area contributed by atoms with E-state index in [-0.39, 0.29) is 6.61 Å². The van der Waals surface area contributed by atoms with Crippen molar-refractivity contribution >= 4 is 5.91 Å². The molecule has 0 saturated heterocycles. The van der Waals surface area contributed by atoms with Gasteiger partial charge in [0, 0.05) is 6.61 Å². The number of carbonyl (C=O) groups excluding carboxylic acids is 1. The van der Waals surface area contributed by atoms with Crippen LogP contribution in [0.25, 0.3) is 0 Å². The van der Waals surface area contributed by atoms with Gasteiger partial charge in [-0.1, -0.05) is 0 Å². The number of nitrogens with one attached hydrogen (secondary N) is 1. The number of hydrogen-bond acceptors (Lipinski definition) is 3. The molecule has 0 bridgehead atoms. The van der Waals surface area contributed by atoms with Crippen LogP contribution in [0.1, 0.15) is 26.7 Å². The van der Waals surface area contributed by atoms with E-state index in [4.69, 9.17) is 5.73 Å². The summed E-state index contributed by atoms with van der Waals surface area (Å²) < 4.78 is 40.9. The normalized spacial score (nSPS) is 17.5. The molecule has 0 aliphatic heterocycles. The summed E-state index contributed by atoms with van der Waals surface area (Å²) in [5.74, 6) is -0.538. The third-order valence-corrected chi connectivity index (χ3v) is 2.75. The van der Waals surface area contributed by atoms with E-state index in [2.05, 4.69) is 10.1 Å². The molecule has 0 aliphatic rings. The lowest BCUT2D eigenvalue weighted by atomic mass is 9.95. The first-order chi connectivity index (χ1) is 7.63. The second-order valence-corrected chi connectivity index (χ2v) is 4.10. The Kier molecular flexibility index (Phi) is 5.91. The molecule has 7 heteroatoms. The number of hydrogen-bond donors (Lipinski definition) is 2. The number of ether oxygens (including phenoxy) is 1. The van der Waals surface area contributed by atoms with Crippen molar-refractivity contribution in [3.05, 3.63) is 0 Å². The average molecular weight is 256 g/mol. The molecule has 4 nitrogen and oxygen atoms in total. The summed E-state index contributed by atoms with van der Waals surface area (Å²) in [4.78, 5) is 11.1. The van der Waals surface area contributed by atoms with Crippen LogP contribution < -0.4 is 11.1 Å². The Morgan fingerprint density at radius 2 is 2.00 bits per heavy atom. The number of nitrogens with two attached hydrogens (primary N) is 1. The monoisotopic (exact) mass is 256 g/mol. The second-order valence-electron chi connectivity index (χ2n) is 4.10. The molecule has 0 aromatic carbocycles. The van der Waals surface area contributed by atoms with Gasteiger partial charge in [-0.15, -0.1) is 0 Å².